The van der Waals surface area contributed by atoms with E-state index in [-0.39, 0.29) is 5.91 Å². The van der Waals surface area contributed by atoms with Crippen molar-refractivity contribution >= 4 is 46.4 Å². The van der Waals surface area contributed by atoms with Crippen molar-refractivity contribution < 1.29 is 4.79 Å². The Kier molecular flexibility index (Phi) is 6.02. The van der Waals surface area contributed by atoms with Gasteiger partial charge in [0.15, 0.2) is 0 Å². The fourth-order valence-electron chi connectivity index (χ4n) is 2.25. The van der Waals surface area contributed by atoms with Crippen LogP contribution in [-0.4, -0.2) is 15.9 Å². The van der Waals surface area contributed by atoms with Gasteiger partial charge >= 0.3 is 0 Å². The highest BCUT2D eigenvalue weighted by Gasteiger charge is 2.34. The zero-order valence-corrected chi connectivity index (χ0v) is 15.9. The maximum Gasteiger partial charge on any atom is 0.252 e. The van der Waals surface area contributed by atoms with Gasteiger partial charge in [-0.1, -0.05) is 70.2 Å². The number of carbonyl (C=O) groups excluding carboxylic acids is 1. The van der Waals surface area contributed by atoms with E-state index in [2.05, 4.69) is 10.6 Å². The minimum absolute atomic E-state index is 0.316. The Bertz CT molecular complexity index is 724. The second kappa shape index (κ2) is 7.64. The number of benzene rings is 2. The van der Waals surface area contributed by atoms with E-state index in [4.69, 9.17) is 34.8 Å². The number of nitrogens with one attached hydrogen (secondary N) is 2. The summed E-state index contributed by atoms with van der Waals surface area (Å²) in [6.45, 7) is 5.91. The topological polar surface area (TPSA) is 41.1 Å². The van der Waals surface area contributed by atoms with Crippen LogP contribution >= 0.6 is 34.8 Å². The Hall–Kier alpha value is -1.42. The van der Waals surface area contributed by atoms with Crippen molar-refractivity contribution in [2.24, 2.45) is 0 Å². The van der Waals surface area contributed by atoms with Crippen LogP contribution in [0.2, 0.25) is 0 Å². The molecule has 0 aromatic heterocycles. The minimum atomic E-state index is -1.71. The molecule has 2 N–H and O–H groups in total. The van der Waals surface area contributed by atoms with Crippen LogP contribution in [0.4, 0.5) is 5.69 Å². The van der Waals surface area contributed by atoms with Crippen LogP contribution < -0.4 is 10.6 Å². The Morgan fingerprint density at radius 2 is 1.54 bits per heavy atom. The summed E-state index contributed by atoms with van der Waals surface area (Å²) >= 11 is 18.1. The number of alkyl halides is 3. The predicted octanol–water partition coefficient (Wildman–Crippen LogP) is 5.15. The molecule has 2 aromatic rings. The van der Waals surface area contributed by atoms with Gasteiger partial charge in [0, 0.05) is 11.3 Å². The molecule has 0 spiro atoms. The van der Waals surface area contributed by atoms with Crippen molar-refractivity contribution in [3.63, 3.8) is 0 Å². The number of hydrogen-bond donors (Lipinski definition) is 2. The Labute approximate surface area is 157 Å². The van der Waals surface area contributed by atoms with E-state index in [9.17, 15) is 4.79 Å². The molecule has 24 heavy (non-hydrogen) atoms. The van der Waals surface area contributed by atoms with Gasteiger partial charge in [-0.25, -0.2) is 0 Å². The van der Waals surface area contributed by atoms with Crippen LogP contribution in [-0.2, 0) is 0 Å². The van der Waals surface area contributed by atoms with Crippen LogP contribution in [0.5, 0.6) is 0 Å². The van der Waals surface area contributed by atoms with E-state index < -0.39 is 9.96 Å². The molecule has 128 valence electrons. The van der Waals surface area contributed by atoms with Crippen molar-refractivity contribution in [1.29, 1.82) is 0 Å². The summed E-state index contributed by atoms with van der Waals surface area (Å²) in [7, 11) is 0. The monoisotopic (exact) mass is 384 g/mol. The summed E-state index contributed by atoms with van der Waals surface area (Å²) in [6, 6.07) is 13.0. The first kappa shape index (κ1) is 18.9. The molecule has 0 aliphatic carbocycles. The molecular formula is C18H19Cl3N2O. The van der Waals surface area contributed by atoms with E-state index in [1.54, 1.807) is 12.1 Å². The summed E-state index contributed by atoms with van der Waals surface area (Å²) < 4.78 is -1.71. The SMILES string of the molecule is Cc1ccc(C(=O)N[C@@H](Nc2ccc(C)cc2C)C(Cl)(Cl)Cl)cc1. The smallest absolute Gasteiger partial charge is 0.252 e. The Morgan fingerprint density at radius 3 is 2.08 bits per heavy atom. The van der Waals surface area contributed by atoms with Crippen molar-refractivity contribution in [2.45, 2.75) is 30.7 Å². The highest BCUT2D eigenvalue weighted by molar-refractivity contribution is 6.68. The highest BCUT2D eigenvalue weighted by atomic mass is 35.6. The molecule has 0 fully saturated rings. The number of rotatable bonds is 4. The molecule has 0 saturated carbocycles. The normalized spacial score (nSPS) is 12.6. The van der Waals surface area contributed by atoms with E-state index >= 15 is 0 Å². The quantitative estimate of drug-likeness (QED) is 0.564. The van der Waals surface area contributed by atoms with Gasteiger partial charge in [0.05, 0.1) is 0 Å². The molecule has 0 radical (unpaired) electrons. The third-order valence-corrected chi connectivity index (χ3v) is 4.25. The van der Waals surface area contributed by atoms with Crippen molar-refractivity contribution in [3.8, 4) is 0 Å². The summed E-state index contributed by atoms with van der Waals surface area (Å²) in [5, 5.41) is 5.84. The Balaban J connectivity index is 2.19. The molecule has 1 amide bonds. The average Bonchev–Trinajstić information content (AvgIpc) is 2.48. The summed E-state index contributed by atoms with van der Waals surface area (Å²) in [5.41, 5.74) is 4.49. The first-order chi connectivity index (χ1) is 11.2. The van der Waals surface area contributed by atoms with Crippen molar-refractivity contribution in [1.82, 2.24) is 5.32 Å². The Morgan fingerprint density at radius 1 is 0.958 bits per heavy atom. The standard InChI is InChI=1S/C18H19Cl3N2O/c1-11-4-7-14(8-5-11)16(24)23-17(18(19,20)21)22-15-9-6-12(2)10-13(15)3/h4-10,17,22H,1-3H3,(H,23,24)/t17-/m1/s1. The maximum atomic E-state index is 12.4. The van der Waals surface area contributed by atoms with Crippen LogP contribution in [0.15, 0.2) is 42.5 Å². The van der Waals surface area contributed by atoms with E-state index in [0.717, 1.165) is 22.4 Å². The molecule has 0 heterocycles. The van der Waals surface area contributed by atoms with Crippen molar-refractivity contribution in [3.05, 3.63) is 64.7 Å². The molecule has 0 bridgehead atoms. The second-order valence-corrected chi connectivity index (χ2v) is 8.15. The molecule has 2 aromatic carbocycles. The third kappa shape index (κ3) is 5.04. The van der Waals surface area contributed by atoms with E-state index in [0.29, 0.717) is 5.56 Å². The molecule has 3 nitrogen and oxygen atoms in total. The lowest BCUT2D eigenvalue weighted by Gasteiger charge is -2.28. The predicted molar refractivity (Wildman–Crippen MR) is 102 cm³/mol. The van der Waals surface area contributed by atoms with Gasteiger partial charge in [-0.3, -0.25) is 4.79 Å². The van der Waals surface area contributed by atoms with E-state index in [1.807, 2.05) is 51.1 Å². The molecule has 1 atom stereocenters. The molecule has 0 aliphatic rings. The number of halogens is 3. The number of carbonyl (C=O) groups is 1. The number of hydrogen-bond acceptors (Lipinski definition) is 2. The number of anilines is 1. The minimum Gasteiger partial charge on any atom is -0.362 e. The first-order valence-corrected chi connectivity index (χ1v) is 8.58. The van der Waals surface area contributed by atoms with E-state index in [1.165, 1.54) is 0 Å². The van der Waals surface area contributed by atoms with Gasteiger partial charge in [0.1, 0.15) is 6.17 Å². The number of amides is 1. The third-order valence-electron chi connectivity index (χ3n) is 3.60. The lowest BCUT2D eigenvalue weighted by atomic mass is 10.1. The first-order valence-electron chi connectivity index (χ1n) is 7.45. The summed E-state index contributed by atoms with van der Waals surface area (Å²) in [5.74, 6) is -0.316. The molecule has 0 unspecified atom stereocenters. The maximum absolute atomic E-state index is 12.4. The van der Waals surface area contributed by atoms with Crippen LogP contribution in [0.25, 0.3) is 0 Å². The molecule has 0 aliphatic heterocycles. The zero-order valence-electron chi connectivity index (χ0n) is 13.7. The molecular weight excluding hydrogens is 367 g/mol. The van der Waals surface area contributed by atoms with Gasteiger partial charge in [-0.15, -0.1) is 0 Å². The fourth-order valence-corrected chi connectivity index (χ4v) is 2.58. The highest BCUT2D eigenvalue weighted by Crippen LogP contribution is 2.32. The van der Waals surface area contributed by atoms with Gasteiger partial charge in [0.2, 0.25) is 3.79 Å². The molecule has 0 saturated heterocycles. The summed E-state index contributed by atoms with van der Waals surface area (Å²) in [6.07, 6.45) is -0.877. The van der Waals surface area contributed by atoms with Gasteiger partial charge in [-0.2, -0.15) is 0 Å². The molecule has 6 heteroatoms. The van der Waals surface area contributed by atoms with Crippen LogP contribution in [0.1, 0.15) is 27.0 Å². The van der Waals surface area contributed by atoms with Gasteiger partial charge < -0.3 is 10.6 Å². The van der Waals surface area contributed by atoms with Gasteiger partial charge in [-0.05, 0) is 44.5 Å². The second-order valence-electron chi connectivity index (χ2n) is 5.78. The average molecular weight is 386 g/mol. The number of aryl methyl sites for hydroxylation is 3. The van der Waals surface area contributed by atoms with Crippen LogP contribution in [0, 0.1) is 20.8 Å². The van der Waals surface area contributed by atoms with Gasteiger partial charge in [0.25, 0.3) is 5.91 Å². The lowest BCUT2D eigenvalue weighted by Crippen LogP contribution is -2.49. The summed E-state index contributed by atoms with van der Waals surface area (Å²) in [4.78, 5) is 12.4. The molecule has 2 rings (SSSR count). The van der Waals surface area contributed by atoms with Crippen LogP contribution in [0.3, 0.4) is 0 Å². The fraction of sp³-hybridized carbons (Fsp3) is 0.278. The lowest BCUT2D eigenvalue weighted by molar-refractivity contribution is 0.0942. The largest absolute Gasteiger partial charge is 0.362 e. The van der Waals surface area contributed by atoms with Crippen molar-refractivity contribution in [2.75, 3.05) is 5.32 Å². The zero-order chi connectivity index (χ0) is 17.9.